The molecule has 0 aromatic rings. The van der Waals surface area contributed by atoms with Gasteiger partial charge in [0, 0.05) is 0 Å². The molecule has 0 bridgehead atoms. The van der Waals surface area contributed by atoms with Crippen molar-refractivity contribution in [3.8, 4) is 0 Å². The Kier molecular flexibility index (Phi) is 5.66. The van der Waals surface area contributed by atoms with Crippen LogP contribution in [-0.4, -0.2) is 6.61 Å². The molecule has 0 aliphatic rings. The minimum absolute atomic E-state index is 0.346. The van der Waals surface area contributed by atoms with Gasteiger partial charge in [-0.05, 0) is 28.8 Å². The average Bonchev–Trinajstić information content (AvgIpc) is 1.84. The highest BCUT2D eigenvalue weighted by Crippen LogP contribution is 1.95. The summed E-state index contributed by atoms with van der Waals surface area (Å²) in [4.78, 5) is 0. The van der Waals surface area contributed by atoms with Crippen LogP contribution in [0.2, 0.25) is 0 Å². The maximum atomic E-state index is 5.04. The molecule has 0 unspecified atom stereocenters. The van der Waals surface area contributed by atoms with Gasteiger partial charge >= 0.3 is 0 Å². The van der Waals surface area contributed by atoms with Crippen LogP contribution in [0.5, 0.6) is 0 Å². The molecule has 0 rings (SSSR count). The standard InChI is InChI=1S/C3H5OS6/c1-2-3-4-10(7,8)9(5)6/h2H,1,3H2/q-1. The summed E-state index contributed by atoms with van der Waals surface area (Å²) in [6.07, 6.45) is 1.58. The lowest BCUT2D eigenvalue weighted by Crippen LogP contribution is -2.01. The van der Waals surface area contributed by atoms with Gasteiger partial charge in [-0.3, -0.25) is 7.05 Å². The Morgan fingerprint density at radius 2 is 2.00 bits per heavy atom. The van der Waals surface area contributed by atoms with Gasteiger partial charge in [-0.15, -0.1) is 6.58 Å². The van der Waals surface area contributed by atoms with E-state index >= 15 is 0 Å². The minimum atomic E-state index is -2.01. The van der Waals surface area contributed by atoms with E-state index in [0.717, 1.165) is 0 Å². The molecular formula is C3H5OS6-. The summed E-state index contributed by atoms with van der Waals surface area (Å²) in [7, 11) is -0.818. The van der Waals surface area contributed by atoms with Gasteiger partial charge in [0.05, 0.1) is 6.61 Å². The topological polar surface area (TPSA) is 9.23 Å². The predicted octanol–water partition coefficient (Wildman–Crippen LogP) is 0.639. The van der Waals surface area contributed by atoms with Gasteiger partial charge in [-0.1, -0.05) is 6.08 Å². The van der Waals surface area contributed by atoms with Gasteiger partial charge in [0.25, 0.3) is 0 Å². The summed E-state index contributed by atoms with van der Waals surface area (Å²) < 4.78 is 5.04. The molecule has 1 nitrogen and oxygen atoms in total. The van der Waals surface area contributed by atoms with Crippen LogP contribution in [0.3, 0.4) is 0 Å². The third-order valence-electron chi connectivity index (χ3n) is 0.497. The Morgan fingerprint density at radius 3 is 2.30 bits per heavy atom. The SMILES string of the molecule is C=CCOS(=S)(=S)[S-](=S)=S. The summed E-state index contributed by atoms with van der Waals surface area (Å²) in [5.41, 5.74) is 0. The third kappa shape index (κ3) is 4.22. The minimum Gasteiger partial charge on any atom is -0.324 e. The van der Waals surface area contributed by atoms with Crippen molar-refractivity contribution in [3.05, 3.63) is 12.7 Å². The number of hydrogen-bond donors (Lipinski definition) is 0. The van der Waals surface area contributed by atoms with Crippen molar-refractivity contribution in [2.24, 2.45) is 0 Å². The van der Waals surface area contributed by atoms with Gasteiger partial charge in [-0.2, -0.15) is 0 Å². The van der Waals surface area contributed by atoms with E-state index in [9.17, 15) is 0 Å². The predicted molar refractivity (Wildman–Crippen MR) is 60.3 cm³/mol. The Labute approximate surface area is 81.1 Å². The summed E-state index contributed by atoms with van der Waals surface area (Å²) in [6.45, 7) is 1.79. The first-order chi connectivity index (χ1) is 4.50. The summed E-state index contributed by atoms with van der Waals surface area (Å²) in [5.74, 6) is 0. The van der Waals surface area contributed by atoms with E-state index in [0.29, 0.717) is 6.61 Å². The fourth-order valence-corrected chi connectivity index (χ4v) is 1.95. The van der Waals surface area contributed by atoms with E-state index in [-0.39, 0.29) is 0 Å². The van der Waals surface area contributed by atoms with Crippen LogP contribution in [0, 0.1) is 0 Å². The summed E-state index contributed by atoms with van der Waals surface area (Å²) in [5, 5.41) is 0. The maximum Gasteiger partial charge on any atom is 0.0777 e. The van der Waals surface area contributed by atoms with Crippen LogP contribution in [0.1, 0.15) is 0 Å². The zero-order valence-corrected chi connectivity index (χ0v) is 9.75. The maximum absolute atomic E-state index is 5.04. The van der Waals surface area contributed by atoms with Gasteiger partial charge in [0.2, 0.25) is 0 Å². The number of hydrogen-bond acceptors (Lipinski definition) is 6. The zero-order chi connectivity index (χ0) is 8.20. The fourth-order valence-electron chi connectivity index (χ4n) is 0.171. The van der Waals surface area contributed by atoms with E-state index in [1.54, 1.807) is 6.08 Å². The summed E-state index contributed by atoms with van der Waals surface area (Å²) in [6, 6.07) is 0. The van der Waals surface area contributed by atoms with Crippen molar-refractivity contribution in [3.63, 3.8) is 0 Å². The molecule has 0 aliphatic heterocycles. The molecule has 60 valence electrons. The van der Waals surface area contributed by atoms with Crippen LogP contribution < -0.4 is 0 Å². The molecule has 0 heterocycles. The molecule has 0 N–H and O–H groups in total. The van der Waals surface area contributed by atoms with Crippen LogP contribution in [0.4, 0.5) is 0 Å². The Balaban J connectivity index is 4.30. The van der Waals surface area contributed by atoms with E-state index in [1.165, 1.54) is 0 Å². The van der Waals surface area contributed by atoms with Gasteiger partial charge in [0.15, 0.2) is 0 Å². The van der Waals surface area contributed by atoms with Crippen molar-refractivity contribution in [2.45, 2.75) is 0 Å². The van der Waals surface area contributed by atoms with Crippen molar-refractivity contribution in [1.29, 1.82) is 0 Å². The molecule has 0 spiro atoms. The van der Waals surface area contributed by atoms with E-state index in [1.807, 2.05) is 0 Å². The van der Waals surface area contributed by atoms with E-state index in [4.69, 9.17) is 48.9 Å². The second kappa shape index (κ2) is 5.02. The molecule has 7 heteroatoms. The second-order valence-electron chi connectivity index (χ2n) is 1.19. The van der Waals surface area contributed by atoms with Crippen molar-refractivity contribution in [2.75, 3.05) is 6.61 Å². The largest absolute Gasteiger partial charge is 0.324 e. The van der Waals surface area contributed by atoms with Gasteiger partial charge in [-0.25, -0.2) is 22.4 Å². The molecule has 0 aliphatic carbocycles. The molecule has 0 aromatic heterocycles. The van der Waals surface area contributed by atoms with E-state index < -0.39 is 13.5 Å². The van der Waals surface area contributed by atoms with Crippen LogP contribution in [0.25, 0.3) is 0 Å². The van der Waals surface area contributed by atoms with E-state index in [2.05, 4.69) is 6.58 Å². The lowest BCUT2D eigenvalue weighted by molar-refractivity contribution is 0.430. The average molecular weight is 249 g/mol. The normalized spacial score (nSPS) is 11.7. The monoisotopic (exact) mass is 249 g/mol. The molecule has 0 aromatic carbocycles. The molecule has 10 heavy (non-hydrogen) atoms. The summed E-state index contributed by atoms with van der Waals surface area (Å²) >= 11 is 19.2. The fraction of sp³-hybridized carbons (Fsp3) is 0.333. The molecule has 0 saturated carbocycles. The van der Waals surface area contributed by atoms with Crippen molar-refractivity contribution in [1.82, 2.24) is 0 Å². The van der Waals surface area contributed by atoms with Crippen molar-refractivity contribution >= 4 is 58.3 Å². The molecule has 0 radical (unpaired) electrons. The van der Waals surface area contributed by atoms with Crippen LogP contribution >= 0.6 is 0 Å². The molecule has 0 atom stereocenters. The first-order valence-corrected chi connectivity index (χ1v) is 9.11. The number of rotatable bonds is 4. The van der Waals surface area contributed by atoms with Crippen molar-refractivity contribution < 1.29 is 4.18 Å². The highest BCUT2D eigenvalue weighted by atomic mass is 33.7. The van der Waals surface area contributed by atoms with Gasteiger partial charge < -0.3 is 4.18 Å². The molecule has 0 amide bonds. The molecule has 0 saturated heterocycles. The quantitative estimate of drug-likeness (QED) is 0.409. The first kappa shape index (κ1) is 11.3. The Bertz CT molecular complexity index is 261. The lowest BCUT2D eigenvalue weighted by atomic mass is 10.7. The van der Waals surface area contributed by atoms with Gasteiger partial charge in [0.1, 0.15) is 0 Å². The smallest absolute Gasteiger partial charge is 0.0777 e. The third-order valence-corrected chi connectivity index (χ3v) is 12.1. The molecule has 0 fully saturated rings. The van der Waals surface area contributed by atoms with Crippen LogP contribution in [-0.2, 0) is 62.4 Å². The highest BCUT2D eigenvalue weighted by molar-refractivity contribution is 9.03. The highest BCUT2D eigenvalue weighted by Gasteiger charge is 1.86. The zero-order valence-electron chi connectivity index (χ0n) is 4.85. The second-order valence-corrected chi connectivity index (χ2v) is 13.7. The molecular weight excluding hydrogens is 244 g/mol. The van der Waals surface area contributed by atoms with Crippen LogP contribution in [0.15, 0.2) is 12.7 Å². The Morgan fingerprint density at radius 1 is 1.50 bits per heavy atom. The first-order valence-electron chi connectivity index (χ1n) is 2.11. The lowest BCUT2D eigenvalue weighted by Gasteiger charge is -2.12. The Hall–Kier alpha value is 1.28.